The summed E-state index contributed by atoms with van der Waals surface area (Å²) in [4.78, 5) is 0. The molecule has 0 heterocycles. The summed E-state index contributed by atoms with van der Waals surface area (Å²) in [5.74, 6) is 0.623. The van der Waals surface area contributed by atoms with Crippen molar-refractivity contribution < 1.29 is 0 Å². The predicted molar refractivity (Wildman–Crippen MR) is 57.2 cm³/mol. The van der Waals surface area contributed by atoms with Gasteiger partial charge in [0.25, 0.3) is 0 Å². The highest BCUT2D eigenvalue weighted by Crippen LogP contribution is 2.06. The highest BCUT2D eigenvalue weighted by atomic mass is 13.9. The third-order valence-electron chi connectivity index (χ3n) is 1.43. The Balaban J connectivity index is 4.32. The lowest BCUT2D eigenvalue weighted by Gasteiger charge is -1.97. The fourth-order valence-electron chi connectivity index (χ4n) is 0.998. The molecule has 68 valence electrons. The molecule has 0 aromatic carbocycles. The minimum absolute atomic E-state index is 0.623. The summed E-state index contributed by atoms with van der Waals surface area (Å²) in [6.07, 6.45) is 12.0. The van der Waals surface area contributed by atoms with Gasteiger partial charge in [0.2, 0.25) is 0 Å². The van der Waals surface area contributed by atoms with E-state index in [0.717, 1.165) is 6.42 Å². The van der Waals surface area contributed by atoms with Crippen molar-refractivity contribution >= 4 is 0 Å². The van der Waals surface area contributed by atoms with Gasteiger partial charge in [0.15, 0.2) is 0 Å². The SMILES string of the molecule is C/C=C/C(/C=C\CC)=C/C(C)C. The fraction of sp³-hybridized carbons (Fsp3) is 0.500. The molecule has 0 amide bonds. The van der Waals surface area contributed by atoms with E-state index in [2.05, 4.69) is 51.2 Å². The van der Waals surface area contributed by atoms with Gasteiger partial charge in [-0.25, -0.2) is 0 Å². The van der Waals surface area contributed by atoms with E-state index in [4.69, 9.17) is 0 Å². The van der Waals surface area contributed by atoms with E-state index < -0.39 is 0 Å². The van der Waals surface area contributed by atoms with E-state index in [-0.39, 0.29) is 0 Å². The third kappa shape index (κ3) is 5.96. The van der Waals surface area contributed by atoms with Crippen molar-refractivity contribution in [1.29, 1.82) is 0 Å². The largest absolute Gasteiger partial charge is 0.0871 e. The van der Waals surface area contributed by atoms with Crippen LogP contribution < -0.4 is 0 Å². The number of allylic oxidation sites excluding steroid dienone is 6. The molecule has 0 N–H and O–H groups in total. The van der Waals surface area contributed by atoms with E-state index in [9.17, 15) is 0 Å². The van der Waals surface area contributed by atoms with Crippen LogP contribution in [-0.2, 0) is 0 Å². The van der Waals surface area contributed by atoms with E-state index >= 15 is 0 Å². The van der Waals surface area contributed by atoms with Crippen molar-refractivity contribution in [2.45, 2.75) is 34.1 Å². The molecule has 0 aromatic heterocycles. The van der Waals surface area contributed by atoms with Crippen LogP contribution in [0, 0.1) is 5.92 Å². The van der Waals surface area contributed by atoms with Crippen LogP contribution in [0.25, 0.3) is 0 Å². The van der Waals surface area contributed by atoms with Gasteiger partial charge in [-0.05, 0) is 24.8 Å². The molecule has 0 aromatic rings. The van der Waals surface area contributed by atoms with Crippen molar-refractivity contribution in [3.63, 3.8) is 0 Å². The zero-order valence-electron chi connectivity index (χ0n) is 8.67. The van der Waals surface area contributed by atoms with Gasteiger partial charge in [0, 0.05) is 0 Å². The van der Waals surface area contributed by atoms with Gasteiger partial charge in [-0.2, -0.15) is 0 Å². The Kier molecular flexibility index (Phi) is 6.45. The molecule has 0 atom stereocenters. The maximum Gasteiger partial charge on any atom is -0.0281 e. The Morgan fingerprint density at radius 3 is 2.33 bits per heavy atom. The fourth-order valence-corrected chi connectivity index (χ4v) is 0.998. The smallest absolute Gasteiger partial charge is 0.0281 e. The second-order valence-electron chi connectivity index (χ2n) is 3.22. The summed E-state index contributed by atoms with van der Waals surface area (Å²) in [6.45, 7) is 8.60. The molecule has 0 aliphatic rings. The normalized spacial score (nSPS) is 13.9. The Morgan fingerprint density at radius 1 is 1.25 bits per heavy atom. The maximum absolute atomic E-state index is 2.27. The molecule has 0 saturated carbocycles. The summed E-state index contributed by atoms with van der Waals surface area (Å²) < 4.78 is 0. The van der Waals surface area contributed by atoms with Gasteiger partial charge in [-0.1, -0.05) is 51.2 Å². The molecule has 0 saturated heterocycles. The monoisotopic (exact) mass is 164 g/mol. The zero-order valence-corrected chi connectivity index (χ0v) is 8.67. The summed E-state index contributed by atoms with van der Waals surface area (Å²) in [5.41, 5.74) is 1.31. The van der Waals surface area contributed by atoms with Crippen molar-refractivity contribution in [3.05, 3.63) is 36.0 Å². The summed E-state index contributed by atoms with van der Waals surface area (Å²) in [5, 5.41) is 0. The summed E-state index contributed by atoms with van der Waals surface area (Å²) in [6, 6.07) is 0. The van der Waals surface area contributed by atoms with Gasteiger partial charge in [-0.3, -0.25) is 0 Å². The molecule has 0 unspecified atom stereocenters. The van der Waals surface area contributed by atoms with Crippen molar-refractivity contribution in [1.82, 2.24) is 0 Å². The van der Waals surface area contributed by atoms with E-state index in [1.165, 1.54) is 5.57 Å². The Hall–Kier alpha value is -0.780. The standard InChI is InChI=1S/C12H20/c1-5-7-9-12(8-6-2)10-11(3)4/h6-11H,5H2,1-4H3/b8-6+,9-7-,12-10-. The second kappa shape index (κ2) is 6.90. The van der Waals surface area contributed by atoms with E-state index in [1.54, 1.807) is 0 Å². The molecular weight excluding hydrogens is 144 g/mol. The summed E-state index contributed by atoms with van der Waals surface area (Å²) in [7, 11) is 0. The molecular formula is C12H20. The molecule has 0 nitrogen and oxygen atoms in total. The van der Waals surface area contributed by atoms with Crippen LogP contribution in [0.1, 0.15) is 34.1 Å². The van der Waals surface area contributed by atoms with Gasteiger partial charge < -0.3 is 0 Å². The molecule has 0 bridgehead atoms. The lowest BCUT2D eigenvalue weighted by Crippen LogP contribution is -1.81. The third-order valence-corrected chi connectivity index (χ3v) is 1.43. The van der Waals surface area contributed by atoms with Crippen LogP contribution in [0.2, 0.25) is 0 Å². The number of hydrogen-bond donors (Lipinski definition) is 0. The van der Waals surface area contributed by atoms with Gasteiger partial charge in [0.05, 0.1) is 0 Å². The van der Waals surface area contributed by atoms with Crippen LogP contribution in [0.3, 0.4) is 0 Å². The van der Waals surface area contributed by atoms with Crippen molar-refractivity contribution in [2.75, 3.05) is 0 Å². The average molecular weight is 164 g/mol. The Labute approximate surface area is 76.7 Å². The lowest BCUT2D eigenvalue weighted by molar-refractivity contribution is 0.827. The first-order chi connectivity index (χ1) is 5.70. The van der Waals surface area contributed by atoms with Gasteiger partial charge in [0.1, 0.15) is 0 Å². The molecule has 0 heteroatoms. The molecule has 0 aliphatic heterocycles. The van der Waals surface area contributed by atoms with Crippen LogP contribution in [0.5, 0.6) is 0 Å². The quantitative estimate of drug-likeness (QED) is 0.548. The molecule has 12 heavy (non-hydrogen) atoms. The first-order valence-electron chi connectivity index (χ1n) is 4.71. The summed E-state index contributed by atoms with van der Waals surface area (Å²) >= 11 is 0. The average Bonchev–Trinajstić information content (AvgIpc) is 2.00. The first kappa shape index (κ1) is 11.2. The Bertz CT molecular complexity index is 180. The minimum Gasteiger partial charge on any atom is -0.0871 e. The van der Waals surface area contributed by atoms with Crippen LogP contribution in [-0.4, -0.2) is 0 Å². The van der Waals surface area contributed by atoms with Crippen LogP contribution >= 0.6 is 0 Å². The van der Waals surface area contributed by atoms with Crippen LogP contribution in [0.4, 0.5) is 0 Å². The first-order valence-corrected chi connectivity index (χ1v) is 4.71. The number of hydrogen-bond acceptors (Lipinski definition) is 0. The maximum atomic E-state index is 2.27. The second-order valence-corrected chi connectivity index (χ2v) is 3.22. The van der Waals surface area contributed by atoms with E-state index in [1.807, 2.05) is 6.92 Å². The Morgan fingerprint density at radius 2 is 1.92 bits per heavy atom. The zero-order chi connectivity index (χ0) is 9.40. The number of rotatable bonds is 4. The molecule has 0 rings (SSSR count). The highest BCUT2D eigenvalue weighted by Gasteiger charge is 1.88. The molecule has 0 aliphatic carbocycles. The topological polar surface area (TPSA) is 0 Å². The minimum atomic E-state index is 0.623. The van der Waals surface area contributed by atoms with Gasteiger partial charge in [-0.15, -0.1) is 0 Å². The van der Waals surface area contributed by atoms with Gasteiger partial charge >= 0.3 is 0 Å². The lowest BCUT2D eigenvalue weighted by atomic mass is 10.1. The highest BCUT2D eigenvalue weighted by molar-refractivity contribution is 5.30. The van der Waals surface area contributed by atoms with Crippen molar-refractivity contribution in [3.8, 4) is 0 Å². The van der Waals surface area contributed by atoms with Crippen LogP contribution in [0.15, 0.2) is 36.0 Å². The molecule has 0 radical (unpaired) electrons. The predicted octanol–water partition coefficient (Wildman–Crippen LogP) is 4.11. The van der Waals surface area contributed by atoms with E-state index in [0.29, 0.717) is 5.92 Å². The molecule has 0 spiro atoms. The molecule has 0 fully saturated rings. The van der Waals surface area contributed by atoms with Crippen molar-refractivity contribution in [2.24, 2.45) is 5.92 Å².